The van der Waals surface area contributed by atoms with Gasteiger partial charge in [-0.1, -0.05) is 6.07 Å². The minimum Gasteiger partial charge on any atom is -0.744 e. The predicted octanol–water partition coefficient (Wildman–Crippen LogP) is 4.45. The largest absolute Gasteiger partial charge is 0.744 e. The van der Waals surface area contributed by atoms with Crippen molar-refractivity contribution in [3.63, 3.8) is 0 Å². The Bertz CT molecular complexity index is 1280. The number of benzene rings is 3. The maximum atomic E-state index is 10.5. The lowest BCUT2D eigenvalue weighted by Crippen LogP contribution is -2.42. The van der Waals surface area contributed by atoms with E-state index >= 15 is 0 Å². The molecule has 3 aromatic carbocycles. The Morgan fingerprint density at radius 2 is 1.23 bits per heavy atom. The van der Waals surface area contributed by atoms with Crippen LogP contribution in [0.2, 0.25) is 0 Å². The Hall–Kier alpha value is -3.47. The van der Waals surface area contributed by atoms with E-state index in [2.05, 4.69) is 36.9 Å². The number of hydrogen-bond acceptors (Lipinski definition) is 8. The molecular formula is C29H43N5O4S. The molecule has 7 N–H and O–H groups in total. The van der Waals surface area contributed by atoms with E-state index in [1.165, 1.54) is 19.1 Å². The molecule has 39 heavy (non-hydrogen) atoms. The summed E-state index contributed by atoms with van der Waals surface area (Å²) in [7, 11) is 0.147. The molecule has 0 amide bonds. The highest BCUT2D eigenvalue weighted by Gasteiger charge is 2.14. The molecule has 0 aliphatic heterocycles. The number of anilines is 4. The quantitative estimate of drug-likeness (QED) is 0.100. The van der Waals surface area contributed by atoms with Crippen molar-refractivity contribution in [1.29, 1.82) is 0 Å². The van der Waals surface area contributed by atoms with E-state index in [1.54, 1.807) is 0 Å². The second-order valence-electron chi connectivity index (χ2n) is 10.5. The fourth-order valence-corrected chi connectivity index (χ4v) is 4.75. The van der Waals surface area contributed by atoms with Crippen LogP contribution in [0, 0.1) is 20.8 Å². The van der Waals surface area contributed by atoms with Crippen LogP contribution < -0.4 is 22.1 Å². The zero-order valence-electron chi connectivity index (χ0n) is 23.6. The summed E-state index contributed by atoms with van der Waals surface area (Å²) >= 11 is 0. The number of phenols is 1. The molecule has 0 saturated carbocycles. The molecule has 0 saturated heterocycles. The van der Waals surface area contributed by atoms with Crippen LogP contribution >= 0.6 is 0 Å². The van der Waals surface area contributed by atoms with Crippen molar-refractivity contribution < 1.29 is 22.6 Å². The van der Waals surface area contributed by atoms with Gasteiger partial charge in [-0.2, -0.15) is 0 Å². The first-order valence-electron chi connectivity index (χ1n) is 13.0. The molecule has 0 fully saturated rings. The minimum absolute atomic E-state index is 0.227. The summed E-state index contributed by atoms with van der Waals surface area (Å²) < 4.78 is 32.7. The van der Waals surface area contributed by atoms with Gasteiger partial charge in [0.2, 0.25) is 0 Å². The third-order valence-electron chi connectivity index (χ3n) is 6.52. The topological polar surface area (TPSA) is 154 Å². The number of nitrogens with zero attached hydrogens (tertiary/aromatic N) is 1. The molecule has 0 unspecified atom stereocenters. The van der Waals surface area contributed by atoms with E-state index in [0.717, 1.165) is 83.4 Å². The summed E-state index contributed by atoms with van der Waals surface area (Å²) in [4.78, 5) is -0.373. The van der Waals surface area contributed by atoms with Crippen LogP contribution in [0.3, 0.4) is 0 Å². The van der Waals surface area contributed by atoms with Crippen LogP contribution in [-0.4, -0.2) is 62.8 Å². The molecule has 0 atom stereocenters. The Morgan fingerprint density at radius 1 is 0.769 bits per heavy atom. The van der Waals surface area contributed by atoms with Gasteiger partial charge < -0.3 is 36.2 Å². The maximum Gasteiger partial charge on any atom is 0.124 e. The van der Waals surface area contributed by atoms with Gasteiger partial charge in [0, 0.05) is 48.7 Å². The highest BCUT2D eigenvalue weighted by molar-refractivity contribution is 7.85. The number of nitrogens with two attached hydrogens (primary N) is 2. The lowest BCUT2D eigenvalue weighted by atomic mass is 10.2. The maximum absolute atomic E-state index is 10.5. The van der Waals surface area contributed by atoms with E-state index in [1.807, 2.05) is 38.1 Å². The van der Waals surface area contributed by atoms with Gasteiger partial charge in [0.05, 0.1) is 32.1 Å². The van der Waals surface area contributed by atoms with Gasteiger partial charge in [-0.25, -0.2) is 8.42 Å². The molecule has 10 heteroatoms. The van der Waals surface area contributed by atoms with Crippen molar-refractivity contribution in [2.75, 3.05) is 62.4 Å². The number of rotatable bonds is 11. The number of nitrogens with one attached hydrogen (secondary N) is 2. The van der Waals surface area contributed by atoms with E-state index in [9.17, 15) is 13.0 Å². The molecule has 0 aliphatic rings. The average Bonchev–Trinajstić information content (AvgIpc) is 2.85. The number of aryl methyl sites for hydroxylation is 3. The van der Waals surface area contributed by atoms with Crippen molar-refractivity contribution in [3.05, 3.63) is 71.3 Å². The molecule has 9 nitrogen and oxygen atoms in total. The molecule has 0 aliphatic carbocycles. The fraction of sp³-hybridized carbons (Fsp3) is 0.379. The molecule has 0 heterocycles. The SMILES string of the molecule is Cc1cc(NCCC[N+](C)(C)CCCNc2ccc(N)c(C)c2)ccc1N.Cc1ccc(O)cc1S(=O)(=O)[O-]. The summed E-state index contributed by atoms with van der Waals surface area (Å²) in [6.07, 6.45) is 2.28. The first-order valence-corrected chi connectivity index (χ1v) is 14.4. The molecule has 3 aromatic rings. The number of quaternary nitrogens is 1. The fourth-order valence-electron chi connectivity index (χ4n) is 4.02. The molecule has 3 rings (SSSR count). The third-order valence-corrected chi connectivity index (χ3v) is 7.50. The smallest absolute Gasteiger partial charge is 0.124 e. The third kappa shape index (κ3) is 11.0. The van der Waals surface area contributed by atoms with Crippen LogP contribution in [0.1, 0.15) is 29.5 Å². The van der Waals surface area contributed by atoms with Gasteiger partial charge in [0.1, 0.15) is 15.9 Å². The Kier molecular flexibility index (Phi) is 11.5. The summed E-state index contributed by atoms with van der Waals surface area (Å²) in [6.45, 7) is 9.84. The number of aromatic hydroxyl groups is 1. The summed E-state index contributed by atoms with van der Waals surface area (Å²) in [5.41, 5.74) is 18.3. The average molecular weight is 558 g/mol. The van der Waals surface area contributed by atoms with Gasteiger partial charge in [0.15, 0.2) is 0 Å². The van der Waals surface area contributed by atoms with Crippen molar-refractivity contribution in [1.82, 2.24) is 0 Å². The summed E-state index contributed by atoms with van der Waals surface area (Å²) in [5, 5.41) is 15.9. The first-order chi connectivity index (χ1) is 18.2. The lowest BCUT2D eigenvalue weighted by molar-refractivity contribution is -0.890. The summed E-state index contributed by atoms with van der Waals surface area (Å²) in [6, 6.07) is 15.9. The predicted molar refractivity (Wildman–Crippen MR) is 160 cm³/mol. The molecule has 0 bridgehead atoms. The Morgan fingerprint density at radius 3 is 1.62 bits per heavy atom. The van der Waals surface area contributed by atoms with Gasteiger partial charge in [-0.15, -0.1) is 0 Å². The molecule has 0 aromatic heterocycles. The van der Waals surface area contributed by atoms with Crippen LogP contribution in [0.4, 0.5) is 22.7 Å². The number of hydrogen-bond donors (Lipinski definition) is 5. The Balaban J connectivity index is 0.000000370. The van der Waals surface area contributed by atoms with E-state index < -0.39 is 10.1 Å². The first kappa shape index (κ1) is 31.7. The van der Waals surface area contributed by atoms with Gasteiger partial charge >= 0.3 is 0 Å². The van der Waals surface area contributed by atoms with Gasteiger partial charge in [-0.05, 0) is 86.0 Å². The normalized spacial score (nSPS) is 11.4. The lowest BCUT2D eigenvalue weighted by Gasteiger charge is -2.30. The second kappa shape index (κ2) is 14.1. The second-order valence-corrected chi connectivity index (χ2v) is 11.8. The summed E-state index contributed by atoms with van der Waals surface area (Å²) in [5.74, 6) is -0.227. The van der Waals surface area contributed by atoms with Crippen LogP contribution in [-0.2, 0) is 10.1 Å². The Labute approximate surface area is 233 Å². The van der Waals surface area contributed by atoms with E-state index in [0.29, 0.717) is 5.56 Å². The van der Waals surface area contributed by atoms with Crippen molar-refractivity contribution in [3.8, 4) is 5.75 Å². The minimum atomic E-state index is -4.47. The van der Waals surface area contributed by atoms with Gasteiger partial charge in [-0.3, -0.25) is 0 Å². The van der Waals surface area contributed by atoms with Crippen LogP contribution in [0.5, 0.6) is 5.75 Å². The zero-order chi connectivity index (χ0) is 29.2. The number of phenolic OH excluding ortho intramolecular Hbond substituents is 1. The highest BCUT2D eigenvalue weighted by atomic mass is 32.2. The van der Waals surface area contributed by atoms with E-state index in [4.69, 9.17) is 16.6 Å². The van der Waals surface area contributed by atoms with Crippen molar-refractivity contribution in [2.45, 2.75) is 38.5 Å². The van der Waals surface area contributed by atoms with Crippen LogP contribution in [0.25, 0.3) is 0 Å². The number of nitrogen functional groups attached to an aromatic ring is 2. The van der Waals surface area contributed by atoms with E-state index in [-0.39, 0.29) is 10.6 Å². The monoisotopic (exact) mass is 557 g/mol. The standard InChI is InChI=1S/C22H36N5.C7H8O4S/c1-17-15-19(7-9-21(17)23)25-11-5-13-27(3,4)14-6-12-26-20-8-10-22(24)18(2)16-20;1-5-2-3-6(8)4-7(5)12(9,10)11/h7-10,15-16,25-26H,5-6,11-14,23-24H2,1-4H3;2-4,8H,1H3,(H,9,10,11)/q+1;/p-1. The molecule has 214 valence electrons. The van der Waals surface area contributed by atoms with Crippen LogP contribution in [0.15, 0.2) is 59.5 Å². The highest BCUT2D eigenvalue weighted by Crippen LogP contribution is 2.20. The van der Waals surface area contributed by atoms with Crippen molar-refractivity contribution >= 4 is 32.9 Å². The van der Waals surface area contributed by atoms with Crippen molar-refractivity contribution in [2.24, 2.45) is 0 Å². The molecular weight excluding hydrogens is 514 g/mol. The molecule has 0 radical (unpaired) electrons. The van der Waals surface area contributed by atoms with Gasteiger partial charge in [0.25, 0.3) is 0 Å². The zero-order valence-corrected chi connectivity index (χ0v) is 24.4. The molecule has 0 spiro atoms.